The Morgan fingerprint density at radius 2 is 1.35 bits per heavy atom. The topological polar surface area (TPSA) is 0 Å². The molecule has 0 aromatic heterocycles. The molecule has 1 aromatic carbocycles. The van der Waals surface area contributed by atoms with Gasteiger partial charge in [-0.25, -0.2) is 0 Å². The summed E-state index contributed by atoms with van der Waals surface area (Å²) in [6.45, 7) is 0. The lowest BCUT2D eigenvalue weighted by Crippen LogP contribution is -2.06. The highest BCUT2D eigenvalue weighted by Gasteiger charge is 2.25. The number of alkyl halides is 3. The SMILES string of the molecule is FC(F)(F)CCCCCCCc1ccccc1. The van der Waals surface area contributed by atoms with E-state index < -0.39 is 12.6 Å². The normalized spacial score (nSPS) is 11.7. The van der Waals surface area contributed by atoms with Gasteiger partial charge in [-0.3, -0.25) is 0 Å². The van der Waals surface area contributed by atoms with E-state index in [1.807, 2.05) is 18.2 Å². The van der Waals surface area contributed by atoms with Crippen LogP contribution in [0, 0.1) is 0 Å². The van der Waals surface area contributed by atoms with Crippen LogP contribution in [0.3, 0.4) is 0 Å². The Morgan fingerprint density at radius 1 is 0.765 bits per heavy atom. The Kier molecular flexibility index (Phi) is 6.09. The van der Waals surface area contributed by atoms with Gasteiger partial charge in [-0.05, 0) is 24.8 Å². The van der Waals surface area contributed by atoms with Crippen molar-refractivity contribution in [2.24, 2.45) is 0 Å². The summed E-state index contributed by atoms with van der Waals surface area (Å²) in [5, 5.41) is 0. The molecule has 1 rings (SSSR count). The molecular weight excluding hydrogens is 225 g/mol. The van der Waals surface area contributed by atoms with Crippen LogP contribution in [-0.2, 0) is 6.42 Å². The number of unbranched alkanes of at least 4 members (excludes halogenated alkanes) is 4. The second-order valence-electron chi connectivity index (χ2n) is 4.37. The van der Waals surface area contributed by atoms with Crippen molar-refractivity contribution in [1.82, 2.24) is 0 Å². The van der Waals surface area contributed by atoms with Gasteiger partial charge in [-0.15, -0.1) is 0 Å². The Labute approximate surface area is 101 Å². The zero-order valence-corrected chi connectivity index (χ0v) is 9.97. The Morgan fingerprint density at radius 3 is 2.00 bits per heavy atom. The molecule has 0 bridgehead atoms. The second-order valence-corrected chi connectivity index (χ2v) is 4.37. The first-order chi connectivity index (χ1) is 8.08. The fraction of sp³-hybridized carbons (Fsp3) is 0.571. The van der Waals surface area contributed by atoms with Crippen LogP contribution < -0.4 is 0 Å². The summed E-state index contributed by atoms with van der Waals surface area (Å²) in [6.07, 6.45) is 0.366. The molecule has 0 N–H and O–H groups in total. The minimum Gasteiger partial charge on any atom is -0.171 e. The van der Waals surface area contributed by atoms with Gasteiger partial charge in [0.15, 0.2) is 0 Å². The van der Waals surface area contributed by atoms with Crippen molar-refractivity contribution >= 4 is 0 Å². The van der Waals surface area contributed by atoms with Gasteiger partial charge in [0.05, 0.1) is 0 Å². The third-order valence-electron chi connectivity index (χ3n) is 2.77. The number of hydrogen-bond donors (Lipinski definition) is 0. The molecule has 0 atom stereocenters. The number of hydrogen-bond acceptors (Lipinski definition) is 0. The lowest BCUT2D eigenvalue weighted by atomic mass is 10.1. The van der Waals surface area contributed by atoms with Gasteiger partial charge >= 0.3 is 6.18 Å². The fourth-order valence-corrected chi connectivity index (χ4v) is 1.83. The van der Waals surface area contributed by atoms with E-state index in [9.17, 15) is 13.2 Å². The summed E-state index contributed by atoms with van der Waals surface area (Å²) < 4.78 is 35.6. The third kappa shape index (κ3) is 7.83. The second kappa shape index (κ2) is 7.36. The van der Waals surface area contributed by atoms with Crippen LogP contribution in [-0.4, -0.2) is 6.18 Å². The van der Waals surface area contributed by atoms with Crippen molar-refractivity contribution in [3.8, 4) is 0 Å². The Hall–Kier alpha value is -0.990. The highest BCUT2D eigenvalue weighted by molar-refractivity contribution is 5.14. The molecule has 17 heavy (non-hydrogen) atoms. The number of rotatable bonds is 7. The van der Waals surface area contributed by atoms with Gasteiger partial charge in [0.1, 0.15) is 0 Å². The summed E-state index contributed by atoms with van der Waals surface area (Å²) in [6, 6.07) is 10.2. The average molecular weight is 244 g/mol. The van der Waals surface area contributed by atoms with Crippen LogP contribution in [0.2, 0.25) is 0 Å². The predicted molar refractivity (Wildman–Crippen MR) is 63.9 cm³/mol. The van der Waals surface area contributed by atoms with E-state index in [-0.39, 0.29) is 6.42 Å². The highest BCUT2D eigenvalue weighted by Crippen LogP contribution is 2.23. The lowest BCUT2D eigenvalue weighted by Gasteiger charge is -2.05. The quantitative estimate of drug-likeness (QED) is 0.583. The van der Waals surface area contributed by atoms with Crippen molar-refractivity contribution in [2.75, 3.05) is 0 Å². The first kappa shape index (κ1) is 14.1. The van der Waals surface area contributed by atoms with Crippen LogP contribution in [0.25, 0.3) is 0 Å². The average Bonchev–Trinajstić information content (AvgIpc) is 2.28. The van der Waals surface area contributed by atoms with E-state index in [2.05, 4.69) is 12.1 Å². The van der Waals surface area contributed by atoms with E-state index in [0.29, 0.717) is 6.42 Å². The van der Waals surface area contributed by atoms with Crippen LogP contribution in [0.4, 0.5) is 13.2 Å². The molecule has 0 spiro atoms. The van der Waals surface area contributed by atoms with E-state index in [4.69, 9.17) is 0 Å². The molecule has 0 aliphatic heterocycles. The van der Waals surface area contributed by atoms with Gasteiger partial charge < -0.3 is 0 Å². The van der Waals surface area contributed by atoms with Gasteiger partial charge in [0.2, 0.25) is 0 Å². The molecule has 0 saturated carbocycles. The summed E-state index contributed by atoms with van der Waals surface area (Å²) in [4.78, 5) is 0. The monoisotopic (exact) mass is 244 g/mol. The summed E-state index contributed by atoms with van der Waals surface area (Å²) in [5.41, 5.74) is 1.31. The van der Waals surface area contributed by atoms with Crippen molar-refractivity contribution < 1.29 is 13.2 Å². The Bertz CT molecular complexity index is 290. The number of aryl methyl sites for hydroxylation is 1. The molecule has 0 unspecified atom stereocenters. The largest absolute Gasteiger partial charge is 0.389 e. The van der Waals surface area contributed by atoms with Gasteiger partial charge in [-0.2, -0.15) is 13.2 Å². The molecule has 0 aliphatic carbocycles. The number of benzene rings is 1. The van der Waals surface area contributed by atoms with Gasteiger partial charge in [0, 0.05) is 6.42 Å². The maximum atomic E-state index is 11.9. The molecule has 96 valence electrons. The standard InChI is InChI=1S/C14H19F3/c15-14(16,17)12-8-3-1-2-5-9-13-10-6-4-7-11-13/h4,6-7,10-11H,1-3,5,8-9,12H2. The van der Waals surface area contributed by atoms with E-state index in [1.54, 1.807) is 0 Å². The van der Waals surface area contributed by atoms with Crippen molar-refractivity contribution in [1.29, 1.82) is 0 Å². The van der Waals surface area contributed by atoms with Crippen LogP contribution in [0.1, 0.15) is 44.1 Å². The zero-order valence-electron chi connectivity index (χ0n) is 9.97. The maximum absolute atomic E-state index is 11.9. The summed E-state index contributed by atoms with van der Waals surface area (Å²) in [5.74, 6) is 0. The van der Waals surface area contributed by atoms with Crippen LogP contribution >= 0.6 is 0 Å². The van der Waals surface area contributed by atoms with Crippen LogP contribution in [0.15, 0.2) is 30.3 Å². The predicted octanol–water partition coefficient (Wildman–Crippen LogP) is 5.13. The lowest BCUT2D eigenvalue weighted by molar-refractivity contribution is -0.135. The number of halogens is 3. The molecule has 0 amide bonds. The fourth-order valence-electron chi connectivity index (χ4n) is 1.83. The molecule has 1 aromatic rings. The summed E-state index contributed by atoms with van der Waals surface area (Å²) in [7, 11) is 0. The van der Waals surface area contributed by atoms with Crippen molar-refractivity contribution in [2.45, 2.75) is 51.1 Å². The molecule has 0 saturated heterocycles. The Balaban J connectivity index is 1.95. The first-order valence-corrected chi connectivity index (χ1v) is 6.18. The molecule has 0 heterocycles. The smallest absolute Gasteiger partial charge is 0.171 e. The van der Waals surface area contributed by atoms with E-state index >= 15 is 0 Å². The molecule has 3 heteroatoms. The molecule has 0 radical (unpaired) electrons. The van der Waals surface area contributed by atoms with Gasteiger partial charge in [-0.1, -0.05) is 49.6 Å². The minimum absolute atomic E-state index is 0.273. The minimum atomic E-state index is -3.98. The maximum Gasteiger partial charge on any atom is 0.389 e. The summed E-state index contributed by atoms with van der Waals surface area (Å²) >= 11 is 0. The molecule has 0 aliphatic rings. The third-order valence-corrected chi connectivity index (χ3v) is 2.77. The first-order valence-electron chi connectivity index (χ1n) is 6.18. The van der Waals surface area contributed by atoms with Gasteiger partial charge in [0.25, 0.3) is 0 Å². The highest BCUT2D eigenvalue weighted by atomic mass is 19.4. The van der Waals surface area contributed by atoms with E-state index in [0.717, 1.165) is 25.7 Å². The molecular formula is C14H19F3. The van der Waals surface area contributed by atoms with Crippen LogP contribution in [0.5, 0.6) is 0 Å². The van der Waals surface area contributed by atoms with Crippen molar-refractivity contribution in [3.63, 3.8) is 0 Å². The zero-order chi connectivity index (χ0) is 12.6. The molecule has 0 fully saturated rings. The molecule has 0 nitrogen and oxygen atoms in total. The van der Waals surface area contributed by atoms with E-state index in [1.165, 1.54) is 5.56 Å². The van der Waals surface area contributed by atoms with Crippen molar-refractivity contribution in [3.05, 3.63) is 35.9 Å².